The van der Waals surface area contributed by atoms with Gasteiger partial charge in [-0.2, -0.15) is 12.7 Å². The molecule has 1 saturated heterocycles. The molecule has 0 aliphatic carbocycles. The van der Waals surface area contributed by atoms with E-state index in [0.29, 0.717) is 13.1 Å². The molecule has 19 heavy (non-hydrogen) atoms. The van der Waals surface area contributed by atoms with Gasteiger partial charge in [-0.3, -0.25) is 4.48 Å². The average molecular weight is 349 g/mol. The first-order chi connectivity index (χ1) is 8.87. The van der Waals surface area contributed by atoms with Crippen molar-refractivity contribution < 1.29 is 8.42 Å². The Morgan fingerprint density at radius 3 is 2.21 bits per heavy atom. The molecule has 0 unspecified atom stereocenters. The molecule has 0 aromatic heterocycles. The van der Waals surface area contributed by atoms with Crippen molar-refractivity contribution in [2.75, 3.05) is 40.3 Å². The molecule has 0 spiro atoms. The summed E-state index contributed by atoms with van der Waals surface area (Å²) in [5.41, 5.74) is 1.21. The van der Waals surface area contributed by atoms with Crippen LogP contribution in [0.15, 0.2) is 28.7 Å². The molecular formula is C12H19BrN3O2S+. The van der Waals surface area contributed by atoms with Gasteiger partial charge in [0.25, 0.3) is 10.2 Å². The largest absolute Gasteiger partial charge is 0.291 e. The van der Waals surface area contributed by atoms with Crippen LogP contribution in [0.25, 0.3) is 0 Å². The number of halogens is 1. The van der Waals surface area contributed by atoms with Crippen molar-refractivity contribution in [1.82, 2.24) is 13.5 Å². The van der Waals surface area contributed by atoms with Crippen LogP contribution >= 0.6 is 15.9 Å². The second kappa shape index (κ2) is 5.49. The zero-order chi connectivity index (χ0) is 14.1. The summed E-state index contributed by atoms with van der Waals surface area (Å²) >= 11 is 3.43. The van der Waals surface area contributed by atoms with E-state index >= 15 is 0 Å². The molecule has 106 valence electrons. The van der Waals surface area contributed by atoms with Gasteiger partial charge in [0.15, 0.2) is 0 Å². The first kappa shape index (κ1) is 14.9. The molecule has 0 amide bonds. The number of piperazine rings is 1. The highest BCUT2D eigenvalue weighted by molar-refractivity contribution is 9.10. The Morgan fingerprint density at radius 1 is 1.21 bits per heavy atom. The van der Waals surface area contributed by atoms with Gasteiger partial charge < -0.3 is 0 Å². The topological polar surface area (TPSA) is 49.4 Å². The number of hydrogen-bond acceptors (Lipinski definition) is 2. The van der Waals surface area contributed by atoms with Crippen LogP contribution in [0.2, 0.25) is 0 Å². The van der Waals surface area contributed by atoms with E-state index < -0.39 is 10.2 Å². The molecule has 1 heterocycles. The SMILES string of the molecule is CNS(=O)(=O)N1CC[N+](C)(c2ccc(Br)cc2)CC1. The van der Waals surface area contributed by atoms with Crippen LogP contribution < -0.4 is 9.21 Å². The Balaban J connectivity index is 2.12. The van der Waals surface area contributed by atoms with Crippen LogP contribution in [-0.4, -0.2) is 53.0 Å². The van der Waals surface area contributed by atoms with Gasteiger partial charge in [0.05, 0.1) is 33.2 Å². The van der Waals surface area contributed by atoms with Crippen molar-refractivity contribution in [2.24, 2.45) is 0 Å². The van der Waals surface area contributed by atoms with Crippen molar-refractivity contribution in [3.63, 3.8) is 0 Å². The van der Waals surface area contributed by atoms with E-state index in [9.17, 15) is 8.42 Å². The standard InChI is InChI=1S/C12H19BrN3O2S/c1-14-19(17,18)15-7-9-16(2,10-8-15)12-5-3-11(13)4-6-12/h3-6,14H,7-10H2,1-2H3/q+1. The summed E-state index contributed by atoms with van der Waals surface area (Å²) in [6, 6.07) is 8.23. The third-order valence-corrected chi connectivity index (χ3v) is 5.82. The molecule has 1 aromatic rings. The van der Waals surface area contributed by atoms with E-state index in [0.717, 1.165) is 22.0 Å². The number of quaternary nitrogens is 1. The van der Waals surface area contributed by atoms with Crippen LogP contribution in [0.4, 0.5) is 5.69 Å². The van der Waals surface area contributed by atoms with Crippen LogP contribution in [0.3, 0.4) is 0 Å². The second-order valence-electron chi connectivity index (χ2n) is 4.93. The van der Waals surface area contributed by atoms with Gasteiger partial charge >= 0.3 is 0 Å². The minimum absolute atomic E-state index is 0.537. The Kier molecular flexibility index (Phi) is 4.32. The third-order valence-electron chi connectivity index (χ3n) is 3.73. The van der Waals surface area contributed by atoms with E-state index in [4.69, 9.17) is 0 Å². The predicted molar refractivity (Wildman–Crippen MR) is 81.1 cm³/mol. The van der Waals surface area contributed by atoms with Gasteiger partial charge in [-0.1, -0.05) is 15.9 Å². The van der Waals surface area contributed by atoms with Crippen molar-refractivity contribution in [3.8, 4) is 0 Å². The van der Waals surface area contributed by atoms with Gasteiger partial charge in [-0.05, 0) is 12.1 Å². The van der Waals surface area contributed by atoms with Gasteiger partial charge in [0.2, 0.25) is 0 Å². The van der Waals surface area contributed by atoms with Crippen molar-refractivity contribution in [3.05, 3.63) is 28.7 Å². The zero-order valence-electron chi connectivity index (χ0n) is 11.1. The minimum atomic E-state index is -3.29. The maximum Gasteiger partial charge on any atom is 0.279 e. The third kappa shape index (κ3) is 3.17. The maximum atomic E-state index is 11.7. The zero-order valence-corrected chi connectivity index (χ0v) is 13.5. The van der Waals surface area contributed by atoms with Gasteiger partial charge in [-0.25, -0.2) is 4.72 Å². The lowest BCUT2D eigenvalue weighted by Crippen LogP contribution is -2.60. The smallest absolute Gasteiger partial charge is 0.279 e. The fourth-order valence-electron chi connectivity index (χ4n) is 2.32. The van der Waals surface area contributed by atoms with Gasteiger partial charge in [0.1, 0.15) is 5.69 Å². The summed E-state index contributed by atoms with van der Waals surface area (Å²) in [5, 5.41) is 0. The van der Waals surface area contributed by atoms with E-state index in [1.165, 1.54) is 17.0 Å². The number of benzene rings is 1. The Morgan fingerprint density at radius 2 is 1.74 bits per heavy atom. The molecule has 1 aliphatic rings. The lowest BCUT2D eigenvalue weighted by Gasteiger charge is -2.40. The summed E-state index contributed by atoms with van der Waals surface area (Å²) in [4.78, 5) is 0. The van der Waals surface area contributed by atoms with E-state index in [-0.39, 0.29) is 0 Å². The van der Waals surface area contributed by atoms with Crippen molar-refractivity contribution in [2.45, 2.75) is 0 Å². The highest BCUT2D eigenvalue weighted by Gasteiger charge is 2.35. The molecule has 2 rings (SSSR count). The molecular weight excluding hydrogens is 330 g/mol. The summed E-state index contributed by atoms with van der Waals surface area (Å²) in [6.07, 6.45) is 0. The molecule has 1 aromatic carbocycles. The Labute approximate surface area is 123 Å². The molecule has 7 heteroatoms. The molecule has 0 radical (unpaired) electrons. The number of nitrogens with one attached hydrogen (secondary N) is 1. The molecule has 0 atom stereocenters. The quantitative estimate of drug-likeness (QED) is 0.833. The van der Waals surface area contributed by atoms with Crippen LogP contribution in [0, 0.1) is 0 Å². The first-order valence-corrected chi connectivity index (χ1v) is 8.40. The van der Waals surface area contributed by atoms with Crippen LogP contribution in [0.1, 0.15) is 0 Å². The van der Waals surface area contributed by atoms with E-state index in [1.54, 1.807) is 0 Å². The fourth-order valence-corrected chi connectivity index (χ4v) is 3.48. The molecule has 1 N–H and O–H groups in total. The summed E-state index contributed by atoms with van der Waals surface area (Å²) in [7, 11) is 0.302. The highest BCUT2D eigenvalue weighted by atomic mass is 79.9. The monoisotopic (exact) mass is 348 g/mol. The molecule has 1 fully saturated rings. The Hall–Kier alpha value is -0.470. The highest BCUT2D eigenvalue weighted by Crippen LogP contribution is 2.25. The molecule has 0 bridgehead atoms. The first-order valence-electron chi connectivity index (χ1n) is 6.17. The summed E-state index contributed by atoms with van der Waals surface area (Å²) < 4.78 is 29.2. The molecule has 5 nitrogen and oxygen atoms in total. The van der Waals surface area contributed by atoms with Crippen LogP contribution in [0.5, 0.6) is 0 Å². The lowest BCUT2D eigenvalue weighted by atomic mass is 10.2. The average Bonchev–Trinajstić information content (AvgIpc) is 2.40. The van der Waals surface area contributed by atoms with E-state index in [1.807, 2.05) is 12.1 Å². The number of nitrogens with zero attached hydrogens (tertiary/aromatic N) is 2. The van der Waals surface area contributed by atoms with Gasteiger partial charge in [-0.15, -0.1) is 0 Å². The van der Waals surface area contributed by atoms with Crippen LogP contribution in [-0.2, 0) is 10.2 Å². The van der Waals surface area contributed by atoms with E-state index in [2.05, 4.69) is 39.8 Å². The van der Waals surface area contributed by atoms with Crippen molar-refractivity contribution in [1.29, 1.82) is 0 Å². The molecule has 0 saturated carbocycles. The van der Waals surface area contributed by atoms with Gasteiger partial charge in [0, 0.05) is 23.7 Å². The second-order valence-corrected chi connectivity index (χ2v) is 7.72. The summed E-state index contributed by atoms with van der Waals surface area (Å²) in [5.74, 6) is 0. The molecule has 1 aliphatic heterocycles. The number of likely N-dealkylation sites (N-methyl/N-ethyl adjacent to an activating group) is 1. The minimum Gasteiger partial charge on any atom is -0.291 e. The lowest BCUT2D eigenvalue weighted by molar-refractivity contribution is 0.221. The summed E-state index contributed by atoms with van der Waals surface area (Å²) in [6.45, 7) is 2.64. The maximum absolute atomic E-state index is 11.7. The number of rotatable bonds is 3. The fraction of sp³-hybridized carbons (Fsp3) is 0.500. The predicted octanol–water partition coefficient (Wildman–Crippen LogP) is 1.17. The van der Waals surface area contributed by atoms with Crippen molar-refractivity contribution >= 4 is 31.8 Å². The normalized spacial score (nSPS) is 20.4. The number of hydrogen-bond donors (Lipinski definition) is 1. The Bertz CT molecular complexity index is 537.